The second-order valence-electron chi connectivity index (χ2n) is 6.64. The molecule has 0 radical (unpaired) electrons. The monoisotopic (exact) mass is 598 g/mol. The Labute approximate surface area is 189 Å². The predicted octanol–water partition coefficient (Wildman–Crippen LogP) is 4.27. The molecule has 0 aliphatic carbocycles. The fraction of sp³-hybridized carbons (Fsp3) is 1.00. The molecule has 0 aromatic heterocycles. The molecule has 0 aromatic carbocycles. The van der Waals surface area contributed by atoms with Crippen molar-refractivity contribution in [2.75, 3.05) is 19.0 Å². The van der Waals surface area contributed by atoms with Crippen LogP contribution in [0.15, 0.2) is 0 Å². The second-order valence-corrected chi connectivity index (χ2v) is 8.21. The van der Waals surface area contributed by atoms with E-state index < -0.39 is 90.5 Å². The lowest BCUT2D eigenvalue weighted by Gasteiger charge is -2.36. The van der Waals surface area contributed by atoms with Crippen LogP contribution in [0.3, 0.4) is 0 Å². The highest BCUT2D eigenvalue weighted by Crippen LogP contribution is 2.55. The summed E-state index contributed by atoms with van der Waals surface area (Å²) in [6.07, 6.45) is -38.3. The fourth-order valence-electron chi connectivity index (χ4n) is 1.82. The summed E-state index contributed by atoms with van der Waals surface area (Å²) in [5.41, 5.74) is 0. The molecule has 0 rings (SSSR count). The number of aliphatic hydroxyl groups is 1. The molecule has 1 atom stereocenters. The van der Waals surface area contributed by atoms with Crippen LogP contribution in [0.1, 0.15) is 12.8 Å². The molecule has 0 saturated heterocycles. The Morgan fingerprint density at radius 1 is 0.694 bits per heavy atom. The molecule has 0 amide bonds. The van der Waals surface area contributed by atoms with E-state index in [4.69, 9.17) is 4.55 Å². The summed E-state index contributed by atoms with van der Waals surface area (Å²) in [5, 5.41) is 9.26. The molecule has 0 heterocycles. The predicted molar refractivity (Wildman–Crippen MR) is 80.4 cm³/mol. The van der Waals surface area contributed by atoms with E-state index in [9.17, 15) is 79.4 Å². The van der Waals surface area contributed by atoms with Gasteiger partial charge in [-0.3, -0.25) is 4.55 Å². The van der Waals surface area contributed by atoms with Crippen LogP contribution in [0.2, 0.25) is 0 Å². The molecular formula is C13H13F15O7S. The quantitative estimate of drug-likeness (QED) is 0.215. The van der Waals surface area contributed by atoms with E-state index in [1.807, 2.05) is 0 Å². The van der Waals surface area contributed by atoms with Crippen molar-refractivity contribution in [2.45, 2.75) is 61.4 Å². The largest absolute Gasteiger partial charge is 0.460 e. The fourth-order valence-corrected chi connectivity index (χ4v) is 2.35. The number of hydrogen-bond donors (Lipinski definition) is 2. The molecular weight excluding hydrogens is 585 g/mol. The Hall–Kier alpha value is -1.30. The molecule has 0 spiro atoms. The number of rotatable bonds is 15. The third kappa shape index (κ3) is 8.92. The maximum atomic E-state index is 13.3. The van der Waals surface area contributed by atoms with Crippen LogP contribution in [0.25, 0.3) is 0 Å². The van der Waals surface area contributed by atoms with Crippen LogP contribution in [-0.4, -0.2) is 85.6 Å². The van der Waals surface area contributed by atoms with Gasteiger partial charge in [-0.2, -0.15) is 74.3 Å². The Kier molecular flexibility index (Phi) is 10.4. The second kappa shape index (κ2) is 10.8. The molecule has 23 heteroatoms. The molecule has 0 aliphatic heterocycles. The zero-order valence-corrected chi connectivity index (χ0v) is 17.4. The maximum Gasteiger partial charge on any atom is 0.460 e. The Balaban J connectivity index is 5.32. The Morgan fingerprint density at radius 3 is 1.56 bits per heavy atom. The first kappa shape index (κ1) is 34.7. The first-order valence-corrected chi connectivity index (χ1v) is 10.1. The lowest BCUT2D eigenvalue weighted by molar-refractivity contribution is -0.543. The van der Waals surface area contributed by atoms with E-state index in [1.165, 1.54) is 4.74 Å². The molecule has 0 saturated carbocycles. The smallest absolute Gasteiger partial charge is 0.391 e. The van der Waals surface area contributed by atoms with E-state index in [-0.39, 0.29) is 0 Å². The third-order valence-electron chi connectivity index (χ3n) is 3.51. The Morgan fingerprint density at radius 2 is 1.14 bits per heavy atom. The summed E-state index contributed by atoms with van der Waals surface area (Å²) >= 11 is 0. The van der Waals surface area contributed by atoms with Crippen molar-refractivity contribution in [3.63, 3.8) is 0 Å². The summed E-state index contributed by atoms with van der Waals surface area (Å²) in [6, 6.07) is 0. The van der Waals surface area contributed by atoms with Gasteiger partial charge in [-0.15, -0.1) is 0 Å². The van der Waals surface area contributed by atoms with Crippen molar-refractivity contribution in [1.82, 2.24) is 0 Å². The highest BCUT2D eigenvalue weighted by molar-refractivity contribution is 7.85. The molecule has 0 fully saturated rings. The van der Waals surface area contributed by atoms with Crippen LogP contribution in [0.5, 0.6) is 0 Å². The molecule has 218 valence electrons. The minimum Gasteiger partial charge on any atom is -0.391 e. The van der Waals surface area contributed by atoms with Crippen molar-refractivity contribution >= 4 is 10.1 Å². The summed E-state index contributed by atoms with van der Waals surface area (Å²) in [4.78, 5) is 0. The molecule has 7 nitrogen and oxygen atoms in total. The molecule has 2 N–H and O–H groups in total. The van der Waals surface area contributed by atoms with Gasteiger partial charge in [-0.25, -0.2) is 9.47 Å². The first-order chi connectivity index (χ1) is 15.5. The van der Waals surface area contributed by atoms with Crippen molar-refractivity contribution in [1.29, 1.82) is 0 Å². The van der Waals surface area contributed by atoms with Gasteiger partial charge < -0.3 is 9.84 Å². The van der Waals surface area contributed by atoms with Gasteiger partial charge in [0, 0.05) is 0 Å². The lowest BCUT2D eigenvalue weighted by Crippen LogP contribution is -2.64. The van der Waals surface area contributed by atoms with Gasteiger partial charge in [0.15, 0.2) is 0 Å². The number of ether oxygens (including phenoxy) is 3. The highest BCUT2D eigenvalue weighted by Gasteiger charge is 2.85. The minimum atomic E-state index is -7.96. The van der Waals surface area contributed by atoms with Crippen LogP contribution >= 0.6 is 0 Å². The number of alkyl halides is 15. The molecule has 0 aliphatic rings. The van der Waals surface area contributed by atoms with E-state index >= 15 is 0 Å². The molecule has 0 aromatic rings. The topological polar surface area (TPSA) is 102 Å². The van der Waals surface area contributed by atoms with Crippen LogP contribution in [-0.2, 0) is 24.3 Å². The number of hydrogen-bond acceptors (Lipinski definition) is 6. The third-order valence-corrected chi connectivity index (χ3v) is 4.31. The van der Waals surface area contributed by atoms with Gasteiger partial charge in [0.1, 0.15) is 6.61 Å². The minimum absolute atomic E-state index is 0.496. The van der Waals surface area contributed by atoms with Gasteiger partial charge in [0.2, 0.25) is 0 Å². The SMILES string of the molecule is O=S(=O)(O)CCCC(O)COCC(F)(F)OC(F)(F)C(F)(F)OC(F)(F)C(F)(F)C(F)(F)C(F)(F)F. The van der Waals surface area contributed by atoms with Crippen LogP contribution in [0, 0.1) is 0 Å². The van der Waals surface area contributed by atoms with Gasteiger partial charge in [-0.05, 0) is 12.8 Å². The first-order valence-electron chi connectivity index (χ1n) is 8.46. The highest BCUT2D eigenvalue weighted by atomic mass is 32.2. The zero-order valence-electron chi connectivity index (χ0n) is 16.6. The van der Waals surface area contributed by atoms with E-state index in [1.54, 1.807) is 0 Å². The average Bonchev–Trinajstić information content (AvgIpc) is 2.56. The van der Waals surface area contributed by atoms with Crippen molar-refractivity contribution < 1.29 is 98.1 Å². The normalized spacial score (nSPS) is 16.4. The van der Waals surface area contributed by atoms with E-state index in [0.29, 0.717) is 0 Å². The lowest BCUT2D eigenvalue weighted by atomic mass is 10.1. The standard InChI is InChI=1S/C13H13F15O7S/c14-7(15,5-33-4-6(29)2-1-3-36(30,31)32)34-12(25,26)13(27,28)35-11(23,24)9(18,19)8(16,17)10(20,21)22/h6,29H,1-5H2,(H,30,31,32). The molecule has 0 bridgehead atoms. The van der Waals surface area contributed by atoms with Crippen molar-refractivity contribution in [3.05, 3.63) is 0 Å². The average molecular weight is 598 g/mol. The molecule has 36 heavy (non-hydrogen) atoms. The molecule has 1 unspecified atom stereocenters. The van der Waals surface area contributed by atoms with Gasteiger partial charge in [-0.1, -0.05) is 0 Å². The van der Waals surface area contributed by atoms with Crippen LogP contribution in [0.4, 0.5) is 65.9 Å². The number of aliphatic hydroxyl groups excluding tert-OH is 1. The van der Waals surface area contributed by atoms with E-state index in [2.05, 4.69) is 9.47 Å². The van der Waals surface area contributed by atoms with Crippen LogP contribution < -0.4 is 0 Å². The summed E-state index contributed by atoms with van der Waals surface area (Å²) in [6.45, 7) is -3.77. The van der Waals surface area contributed by atoms with Gasteiger partial charge in [0.25, 0.3) is 10.1 Å². The Bertz CT molecular complexity index is 828. The summed E-state index contributed by atoms with van der Waals surface area (Å²) in [5.74, 6) is -16.7. The number of halogens is 15. The van der Waals surface area contributed by atoms with E-state index in [0.717, 1.165) is 0 Å². The summed E-state index contributed by atoms with van der Waals surface area (Å²) < 4.78 is 229. The maximum absolute atomic E-state index is 13.3. The summed E-state index contributed by atoms with van der Waals surface area (Å²) in [7, 11) is -4.49. The van der Waals surface area contributed by atoms with Gasteiger partial charge >= 0.3 is 42.5 Å². The van der Waals surface area contributed by atoms with Gasteiger partial charge in [0.05, 0.1) is 18.5 Å². The zero-order chi connectivity index (χ0) is 29.2. The van der Waals surface area contributed by atoms with Crippen molar-refractivity contribution in [2.24, 2.45) is 0 Å². The van der Waals surface area contributed by atoms with Crippen molar-refractivity contribution in [3.8, 4) is 0 Å².